The van der Waals surface area contributed by atoms with Crippen molar-refractivity contribution in [1.29, 1.82) is 0 Å². The quantitative estimate of drug-likeness (QED) is 0.630. The average molecular weight is 260 g/mol. The zero-order valence-corrected chi connectivity index (χ0v) is 10.6. The maximum Gasteiger partial charge on any atom is 0.200 e. The van der Waals surface area contributed by atoms with Crippen molar-refractivity contribution in [1.82, 2.24) is 10.3 Å². The standard InChI is InChI=1S/C14H16N2O3/c1-9-6-15-5-4-10(9)7-16-8-11-2-3-12(17)14(19)13(11)18/h2-6,16-19H,7-8H2,1H3. The van der Waals surface area contributed by atoms with Gasteiger partial charge in [0.1, 0.15) is 0 Å². The number of rotatable bonds is 4. The zero-order valence-electron chi connectivity index (χ0n) is 10.6. The van der Waals surface area contributed by atoms with Crippen LogP contribution in [0.25, 0.3) is 0 Å². The third-order valence-corrected chi connectivity index (χ3v) is 2.98. The molecule has 0 spiro atoms. The number of benzene rings is 1. The van der Waals surface area contributed by atoms with Gasteiger partial charge in [-0.15, -0.1) is 0 Å². The summed E-state index contributed by atoms with van der Waals surface area (Å²) in [7, 11) is 0. The largest absolute Gasteiger partial charge is 0.504 e. The Hall–Kier alpha value is -2.27. The molecule has 2 rings (SSSR count). The average Bonchev–Trinajstić information content (AvgIpc) is 2.41. The summed E-state index contributed by atoms with van der Waals surface area (Å²) in [6.45, 7) is 3.00. The first kappa shape index (κ1) is 13.2. The van der Waals surface area contributed by atoms with Crippen molar-refractivity contribution >= 4 is 0 Å². The van der Waals surface area contributed by atoms with E-state index in [1.54, 1.807) is 18.5 Å². The van der Waals surface area contributed by atoms with Crippen LogP contribution in [0.5, 0.6) is 17.2 Å². The van der Waals surface area contributed by atoms with Gasteiger partial charge in [-0.25, -0.2) is 0 Å². The molecule has 0 radical (unpaired) electrons. The van der Waals surface area contributed by atoms with Crippen LogP contribution in [0.3, 0.4) is 0 Å². The third-order valence-electron chi connectivity index (χ3n) is 2.98. The summed E-state index contributed by atoms with van der Waals surface area (Å²) in [6.07, 6.45) is 3.52. The fourth-order valence-electron chi connectivity index (χ4n) is 1.79. The molecular weight excluding hydrogens is 244 g/mol. The molecule has 0 saturated heterocycles. The lowest BCUT2D eigenvalue weighted by atomic mass is 10.1. The first-order chi connectivity index (χ1) is 9.09. The molecule has 4 N–H and O–H groups in total. The van der Waals surface area contributed by atoms with Gasteiger partial charge in [0.25, 0.3) is 0 Å². The van der Waals surface area contributed by atoms with E-state index in [0.717, 1.165) is 11.1 Å². The van der Waals surface area contributed by atoms with Crippen LogP contribution in [0.15, 0.2) is 30.6 Å². The molecule has 0 fully saturated rings. The number of hydrogen-bond donors (Lipinski definition) is 4. The van der Waals surface area contributed by atoms with Crippen molar-refractivity contribution in [2.24, 2.45) is 0 Å². The molecule has 0 saturated carbocycles. The SMILES string of the molecule is Cc1cnccc1CNCc1ccc(O)c(O)c1O. The van der Waals surface area contributed by atoms with Gasteiger partial charge in [-0.05, 0) is 30.2 Å². The number of nitrogens with zero attached hydrogens (tertiary/aromatic N) is 1. The Morgan fingerprint density at radius 1 is 1.00 bits per heavy atom. The van der Waals surface area contributed by atoms with Gasteiger partial charge in [-0.2, -0.15) is 0 Å². The minimum Gasteiger partial charge on any atom is -0.504 e. The fourth-order valence-corrected chi connectivity index (χ4v) is 1.79. The molecule has 0 unspecified atom stereocenters. The molecule has 1 aromatic heterocycles. The van der Waals surface area contributed by atoms with Gasteiger partial charge in [-0.1, -0.05) is 6.07 Å². The highest BCUT2D eigenvalue weighted by molar-refractivity contribution is 5.53. The molecule has 0 amide bonds. The van der Waals surface area contributed by atoms with E-state index in [2.05, 4.69) is 10.3 Å². The monoisotopic (exact) mass is 260 g/mol. The van der Waals surface area contributed by atoms with Gasteiger partial charge < -0.3 is 20.6 Å². The van der Waals surface area contributed by atoms with E-state index in [0.29, 0.717) is 18.7 Å². The van der Waals surface area contributed by atoms with Crippen molar-refractivity contribution in [3.05, 3.63) is 47.3 Å². The molecule has 19 heavy (non-hydrogen) atoms. The van der Waals surface area contributed by atoms with Crippen LogP contribution in [-0.4, -0.2) is 20.3 Å². The second-order valence-electron chi connectivity index (χ2n) is 4.35. The number of aromatic nitrogens is 1. The second-order valence-corrected chi connectivity index (χ2v) is 4.35. The molecule has 0 atom stereocenters. The normalized spacial score (nSPS) is 10.6. The maximum absolute atomic E-state index is 9.67. The predicted molar refractivity (Wildman–Crippen MR) is 71.0 cm³/mol. The third kappa shape index (κ3) is 2.95. The number of phenolic OH excluding ortho intramolecular Hbond substituents is 3. The molecule has 1 heterocycles. The van der Waals surface area contributed by atoms with E-state index < -0.39 is 5.75 Å². The van der Waals surface area contributed by atoms with Crippen LogP contribution in [0, 0.1) is 6.92 Å². The summed E-state index contributed by atoms with van der Waals surface area (Å²) in [5.41, 5.74) is 2.74. The molecule has 5 nitrogen and oxygen atoms in total. The molecule has 0 aliphatic rings. The number of nitrogens with one attached hydrogen (secondary N) is 1. The summed E-state index contributed by atoms with van der Waals surface area (Å²) < 4.78 is 0. The van der Waals surface area contributed by atoms with Gasteiger partial charge in [0, 0.05) is 31.0 Å². The van der Waals surface area contributed by atoms with Gasteiger partial charge in [0.2, 0.25) is 5.75 Å². The van der Waals surface area contributed by atoms with Crippen LogP contribution in [0.2, 0.25) is 0 Å². The summed E-state index contributed by atoms with van der Waals surface area (Å²) in [5.74, 6) is -1.11. The lowest BCUT2D eigenvalue weighted by molar-refractivity contribution is 0.364. The first-order valence-corrected chi connectivity index (χ1v) is 5.92. The molecule has 0 aliphatic heterocycles. The smallest absolute Gasteiger partial charge is 0.200 e. The predicted octanol–water partition coefficient (Wildman–Crippen LogP) is 1.80. The van der Waals surface area contributed by atoms with Crippen molar-refractivity contribution in [3.63, 3.8) is 0 Å². The topological polar surface area (TPSA) is 85.6 Å². The Morgan fingerprint density at radius 2 is 1.74 bits per heavy atom. The lowest BCUT2D eigenvalue weighted by Gasteiger charge is -2.10. The molecule has 0 aliphatic carbocycles. The van der Waals surface area contributed by atoms with E-state index in [4.69, 9.17) is 0 Å². The highest BCUT2D eigenvalue weighted by Crippen LogP contribution is 2.36. The highest BCUT2D eigenvalue weighted by atomic mass is 16.3. The van der Waals surface area contributed by atoms with Gasteiger partial charge in [-0.3, -0.25) is 4.98 Å². The summed E-state index contributed by atoms with van der Waals surface area (Å²) in [6, 6.07) is 4.84. The van der Waals surface area contributed by atoms with Crippen LogP contribution in [0.1, 0.15) is 16.7 Å². The molecule has 5 heteroatoms. The van der Waals surface area contributed by atoms with Crippen LogP contribution in [0.4, 0.5) is 0 Å². The van der Waals surface area contributed by atoms with Crippen LogP contribution < -0.4 is 5.32 Å². The summed E-state index contributed by atoms with van der Waals surface area (Å²) in [5, 5.41) is 31.5. The Bertz CT molecular complexity index is 585. The number of pyridine rings is 1. The van der Waals surface area contributed by atoms with E-state index in [1.807, 2.05) is 13.0 Å². The van der Waals surface area contributed by atoms with Crippen molar-refractivity contribution in [2.75, 3.05) is 0 Å². The van der Waals surface area contributed by atoms with Crippen molar-refractivity contribution in [2.45, 2.75) is 20.0 Å². The molecule has 1 aromatic carbocycles. The van der Waals surface area contributed by atoms with Crippen LogP contribution >= 0.6 is 0 Å². The molecule has 0 bridgehead atoms. The number of phenols is 3. The highest BCUT2D eigenvalue weighted by Gasteiger charge is 2.10. The minimum atomic E-state index is -0.487. The van der Waals surface area contributed by atoms with Crippen LogP contribution in [-0.2, 0) is 13.1 Å². The number of aromatic hydroxyl groups is 3. The zero-order chi connectivity index (χ0) is 13.8. The Balaban J connectivity index is 2.01. The van der Waals surface area contributed by atoms with E-state index in [-0.39, 0.29) is 11.5 Å². The van der Waals surface area contributed by atoms with E-state index >= 15 is 0 Å². The first-order valence-electron chi connectivity index (χ1n) is 5.92. The van der Waals surface area contributed by atoms with E-state index in [1.165, 1.54) is 6.07 Å². The van der Waals surface area contributed by atoms with Crippen molar-refractivity contribution < 1.29 is 15.3 Å². The van der Waals surface area contributed by atoms with E-state index in [9.17, 15) is 15.3 Å². The summed E-state index contributed by atoms with van der Waals surface area (Å²) >= 11 is 0. The number of hydrogen-bond acceptors (Lipinski definition) is 5. The van der Waals surface area contributed by atoms with Crippen molar-refractivity contribution in [3.8, 4) is 17.2 Å². The number of aryl methyl sites for hydroxylation is 1. The fraction of sp³-hybridized carbons (Fsp3) is 0.214. The Kier molecular flexibility index (Phi) is 3.87. The Labute approximate surface area is 111 Å². The molecule has 2 aromatic rings. The van der Waals surface area contributed by atoms with Gasteiger partial charge in [0.15, 0.2) is 11.5 Å². The molecule has 100 valence electrons. The summed E-state index contributed by atoms with van der Waals surface area (Å²) in [4.78, 5) is 4.02. The van der Waals surface area contributed by atoms with Gasteiger partial charge in [0.05, 0.1) is 0 Å². The maximum atomic E-state index is 9.67. The molecular formula is C14H16N2O3. The second kappa shape index (κ2) is 5.58. The minimum absolute atomic E-state index is 0.293. The van der Waals surface area contributed by atoms with Gasteiger partial charge >= 0.3 is 0 Å². The Morgan fingerprint density at radius 3 is 2.47 bits per heavy atom. The lowest BCUT2D eigenvalue weighted by Crippen LogP contribution is -2.13.